The number of anilines is 1. The van der Waals surface area contributed by atoms with E-state index in [0.717, 1.165) is 29.7 Å². The van der Waals surface area contributed by atoms with Crippen LogP contribution in [0.5, 0.6) is 5.75 Å². The van der Waals surface area contributed by atoms with Crippen LogP contribution in [0, 0.1) is 5.82 Å². The van der Waals surface area contributed by atoms with E-state index in [1.165, 1.54) is 30.6 Å². The summed E-state index contributed by atoms with van der Waals surface area (Å²) in [6, 6.07) is 4.31. The zero-order chi connectivity index (χ0) is 18.0. The normalized spacial score (nSPS) is 12.6. The molecule has 1 aromatic carbocycles. The second-order valence-electron chi connectivity index (χ2n) is 5.46. The lowest BCUT2D eigenvalue weighted by Gasteiger charge is -2.09. The zero-order valence-corrected chi connectivity index (χ0v) is 15.8. The highest BCUT2D eigenvalue weighted by Gasteiger charge is 2.28. The van der Waals surface area contributed by atoms with E-state index in [-0.39, 0.29) is 12.4 Å². The second kappa shape index (κ2) is 7.53. The molecule has 1 aliphatic rings. The maximum absolute atomic E-state index is 13.7. The van der Waals surface area contributed by atoms with Gasteiger partial charge < -0.3 is 14.8 Å². The molecule has 0 fully saturated rings. The Morgan fingerprint density at radius 1 is 1.36 bits per heavy atom. The molecule has 0 bridgehead atoms. The number of halogens is 2. The number of nitrogens with one attached hydrogen (secondary N) is 1. The molecule has 1 aromatic heterocycles. The topological polar surface area (TPSA) is 64.6 Å². The first-order valence-corrected chi connectivity index (χ1v) is 9.21. The number of thiophene rings is 1. The number of carbonyl (C=O) groups is 2. The van der Waals surface area contributed by atoms with Crippen molar-refractivity contribution in [1.29, 1.82) is 0 Å². The van der Waals surface area contributed by atoms with Gasteiger partial charge in [-0.15, -0.1) is 11.3 Å². The SMILES string of the molecule is COC(=O)c1c(NC(=O)COc2ccc(Br)cc2F)sc2c1CCC2. The molecule has 0 saturated heterocycles. The highest BCUT2D eigenvalue weighted by molar-refractivity contribution is 9.10. The van der Waals surface area contributed by atoms with Crippen LogP contribution in [-0.2, 0) is 22.4 Å². The number of rotatable bonds is 5. The van der Waals surface area contributed by atoms with Crippen molar-refractivity contribution >= 4 is 44.1 Å². The fourth-order valence-electron chi connectivity index (χ4n) is 2.71. The number of fused-ring (bicyclic) bond motifs is 1. The summed E-state index contributed by atoms with van der Waals surface area (Å²) in [6.07, 6.45) is 2.68. The molecule has 1 N–H and O–H groups in total. The van der Waals surface area contributed by atoms with Crippen LogP contribution in [0.15, 0.2) is 22.7 Å². The summed E-state index contributed by atoms with van der Waals surface area (Å²) in [5, 5.41) is 3.14. The number of esters is 1. The van der Waals surface area contributed by atoms with E-state index >= 15 is 0 Å². The van der Waals surface area contributed by atoms with Gasteiger partial charge in [0.05, 0.1) is 12.7 Å². The lowest BCUT2D eigenvalue weighted by Crippen LogP contribution is -2.21. The molecule has 8 heteroatoms. The Morgan fingerprint density at radius 3 is 2.88 bits per heavy atom. The summed E-state index contributed by atoms with van der Waals surface area (Å²) in [4.78, 5) is 25.3. The molecular formula is C17H15BrFNO4S. The summed E-state index contributed by atoms with van der Waals surface area (Å²) in [5.74, 6) is -1.50. The van der Waals surface area contributed by atoms with E-state index in [2.05, 4.69) is 21.2 Å². The van der Waals surface area contributed by atoms with Gasteiger partial charge in [0.2, 0.25) is 0 Å². The molecule has 1 heterocycles. The van der Waals surface area contributed by atoms with Crippen LogP contribution in [0.4, 0.5) is 9.39 Å². The van der Waals surface area contributed by atoms with Crippen molar-refractivity contribution in [2.45, 2.75) is 19.3 Å². The molecule has 132 valence electrons. The average molecular weight is 428 g/mol. The van der Waals surface area contributed by atoms with Crippen LogP contribution in [0.25, 0.3) is 0 Å². The minimum absolute atomic E-state index is 0.0137. The Bertz CT molecular complexity index is 836. The van der Waals surface area contributed by atoms with E-state index in [4.69, 9.17) is 9.47 Å². The second-order valence-corrected chi connectivity index (χ2v) is 7.49. The molecule has 0 radical (unpaired) electrons. The quantitative estimate of drug-likeness (QED) is 0.733. The number of hydrogen-bond donors (Lipinski definition) is 1. The van der Waals surface area contributed by atoms with Gasteiger partial charge in [0.15, 0.2) is 18.2 Å². The van der Waals surface area contributed by atoms with Gasteiger partial charge >= 0.3 is 5.97 Å². The van der Waals surface area contributed by atoms with Crippen molar-refractivity contribution in [3.63, 3.8) is 0 Å². The van der Waals surface area contributed by atoms with Crippen molar-refractivity contribution in [3.05, 3.63) is 44.5 Å². The predicted octanol–water partition coefficient (Wildman–Crippen LogP) is 3.94. The minimum atomic E-state index is -0.562. The maximum atomic E-state index is 13.7. The van der Waals surface area contributed by atoms with Gasteiger partial charge in [-0.05, 0) is 43.0 Å². The maximum Gasteiger partial charge on any atom is 0.341 e. The molecule has 3 rings (SSSR count). The van der Waals surface area contributed by atoms with Gasteiger partial charge in [0.1, 0.15) is 5.00 Å². The van der Waals surface area contributed by atoms with E-state index in [1.807, 2.05) is 0 Å². The third-order valence-electron chi connectivity index (χ3n) is 3.82. The van der Waals surface area contributed by atoms with Gasteiger partial charge in [-0.25, -0.2) is 9.18 Å². The summed E-state index contributed by atoms with van der Waals surface area (Å²) < 4.78 is 24.3. The van der Waals surface area contributed by atoms with Crippen molar-refractivity contribution < 1.29 is 23.5 Å². The molecule has 0 spiro atoms. The van der Waals surface area contributed by atoms with Crippen molar-refractivity contribution in [3.8, 4) is 5.75 Å². The van der Waals surface area contributed by atoms with Crippen molar-refractivity contribution in [2.24, 2.45) is 0 Å². The number of aryl methyl sites for hydroxylation is 1. The van der Waals surface area contributed by atoms with Crippen LogP contribution in [-0.4, -0.2) is 25.6 Å². The number of ether oxygens (including phenoxy) is 2. The first kappa shape index (κ1) is 17.9. The highest BCUT2D eigenvalue weighted by atomic mass is 79.9. The Balaban J connectivity index is 1.70. The molecule has 0 saturated carbocycles. The largest absolute Gasteiger partial charge is 0.481 e. The first-order chi connectivity index (χ1) is 12.0. The minimum Gasteiger partial charge on any atom is -0.481 e. The van der Waals surface area contributed by atoms with Crippen LogP contribution in [0.2, 0.25) is 0 Å². The van der Waals surface area contributed by atoms with Crippen LogP contribution >= 0.6 is 27.3 Å². The first-order valence-electron chi connectivity index (χ1n) is 7.60. The molecule has 0 unspecified atom stereocenters. The van der Waals surface area contributed by atoms with Crippen molar-refractivity contribution in [2.75, 3.05) is 19.0 Å². The number of methoxy groups -OCH3 is 1. The lowest BCUT2D eigenvalue weighted by molar-refractivity contribution is -0.118. The molecular weight excluding hydrogens is 413 g/mol. The Morgan fingerprint density at radius 2 is 2.16 bits per heavy atom. The number of amides is 1. The standard InChI is InChI=1S/C17H15BrFNO4S/c1-23-17(22)15-10-3-2-4-13(10)25-16(15)20-14(21)8-24-12-6-5-9(18)7-11(12)19/h5-7H,2-4,8H2,1H3,(H,20,21). The predicted molar refractivity (Wildman–Crippen MR) is 95.9 cm³/mol. The van der Waals surface area contributed by atoms with E-state index < -0.39 is 17.7 Å². The third kappa shape index (κ3) is 3.85. The monoisotopic (exact) mass is 427 g/mol. The zero-order valence-electron chi connectivity index (χ0n) is 13.4. The van der Waals surface area contributed by atoms with E-state index in [9.17, 15) is 14.0 Å². The van der Waals surface area contributed by atoms with Gasteiger partial charge in [-0.1, -0.05) is 15.9 Å². The van der Waals surface area contributed by atoms with E-state index in [1.54, 1.807) is 6.07 Å². The van der Waals surface area contributed by atoms with Gasteiger partial charge in [0.25, 0.3) is 5.91 Å². The summed E-state index contributed by atoms with van der Waals surface area (Å²) in [6.45, 7) is -0.359. The lowest BCUT2D eigenvalue weighted by atomic mass is 10.1. The summed E-state index contributed by atoms with van der Waals surface area (Å²) >= 11 is 4.53. The molecule has 5 nitrogen and oxygen atoms in total. The Kier molecular flexibility index (Phi) is 5.39. The molecule has 1 amide bonds. The van der Waals surface area contributed by atoms with Crippen LogP contribution in [0.1, 0.15) is 27.2 Å². The Hall–Kier alpha value is -1.93. The fourth-order valence-corrected chi connectivity index (χ4v) is 4.34. The third-order valence-corrected chi connectivity index (χ3v) is 5.52. The fraction of sp³-hybridized carbons (Fsp3) is 0.294. The van der Waals surface area contributed by atoms with Crippen LogP contribution < -0.4 is 10.1 Å². The van der Waals surface area contributed by atoms with Gasteiger partial charge in [-0.2, -0.15) is 0 Å². The molecule has 0 aliphatic heterocycles. The molecule has 25 heavy (non-hydrogen) atoms. The number of carbonyl (C=O) groups excluding carboxylic acids is 2. The molecule has 0 atom stereocenters. The van der Waals surface area contributed by atoms with Crippen LogP contribution in [0.3, 0.4) is 0 Å². The Labute approximate surface area is 156 Å². The molecule has 1 aliphatic carbocycles. The van der Waals surface area contributed by atoms with E-state index in [0.29, 0.717) is 15.0 Å². The average Bonchev–Trinajstić information content (AvgIpc) is 3.14. The highest BCUT2D eigenvalue weighted by Crippen LogP contribution is 2.39. The summed E-state index contributed by atoms with van der Waals surface area (Å²) in [5.41, 5.74) is 1.37. The van der Waals surface area contributed by atoms with Crippen molar-refractivity contribution in [1.82, 2.24) is 0 Å². The van der Waals surface area contributed by atoms with Gasteiger partial charge in [0, 0.05) is 9.35 Å². The number of benzene rings is 1. The number of hydrogen-bond acceptors (Lipinski definition) is 5. The summed E-state index contributed by atoms with van der Waals surface area (Å²) in [7, 11) is 1.31. The smallest absolute Gasteiger partial charge is 0.341 e. The molecule has 2 aromatic rings. The van der Waals surface area contributed by atoms with Gasteiger partial charge in [-0.3, -0.25) is 4.79 Å².